The van der Waals surface area contributed by atoms with E-state index in [2.05, 4.69) is 5.10 Å². The van der Waals surface area contributed by atoms with Crippen molar-refractivity contribution in [2.45, 2.75) is 13.8 Å². The van der Waals surface area contributed by atoms with Crippen LogP contribution in [0.5, 0.6) is 0 Å². The predicted molar refractivity (Wildman–Crippen MR) is 62.7 cm³/mol. The van der Waals surface area contributed by atoms with Crippen LogP contribution >= 0.6 is 0 Å². The third-order valence-corrected chi connectivity index (χ3v) is 2.52. The largest absolute Gasteiger partial charge is 0.383 e. The summed E-state index contributed by atoms with van der Waals surface area (Å²) in [4.78, 5) is 11.2. The number of anilines is 1. The zero-order chi connectivity index (χ0) is 12.6. The molecule has 2 rings (SSSR count). The van der Waals surface area contributed by atoms with E-state index >= 15 is 0 Å². The molecule has 0 unspecified atom stereocenters. The molecule has 17 heavy (non-hydrogen) atoms. The molecule has 0 bridgehead atoms. The molecule has 4 nitrogen and oxygen atoms in total. The van der Waals surface area contributed by atoms with Crippen LogP contribution < -0.4 is 5.73 Å². The van der Waals surface area contributed by atoms with Crippen molar-refractivity contribution in [1.82, 2.24) is 9.78 Å². The molecule has 1 aromatic carbocycles. The molecule has 88 valence electrons. The number of benzene rings is 1. The fourth-order valence-electron chi connectivity index (χ4n) is 1.61. The van der Waals surface area contributed by atoms with Gasteiger partial charge < -0.3 is 5.73 Å². The van der Waals surface area contributed by atoms with Gasteiger partial charge >= 0.3 is 0 Å². The number of carbonyl (C=O) groups excluding carboxylic acids is 1. The third kappa shape index (κ3) is 1.91. The molecule has 0 aliphatic carbocycles. The van der Waals surface area contributed by atoms with Crippen molar-refractivity contribution < 1.29 is 9.18 Å². The highest BCUT2D eigenvalue weighted by atomic mass is 19.1. The number of hydrogen-bond donors (Lipinski definition) is 1. The van der Waals surface area contributed by atoms with E-state index in [4.69, 9.17) is 5.73 Å². The monoisotopic (exact) mass is 233 g/mol. The molecular weight excluding hydrogens is 221 g/mol. The smallest absolute Gasteiger partial charge is 0.165 e. The Hall–Kier alpha value is -2.17. The number of halogens is 1. The highest BCUT2D eigenvalue weighted by Gasteiger charge is 2.14. The molecular formula is C12H12FN3O. The summed E-state index contributed by atoms with van der Waals surface area (Å²) in [6, 6.07) is 4.63. The molecule has 0 fully saturated rings. The number of nitrogen functional groups attached to an aromatic ring is 1. The number of carbonyl (C=O) groups is 1. The van der Waals surface area contributed by atoms with Gasteiger partial charge in [0.2, 0.25) is 0 Å². The van der Waals surface area contributed by atoms with Crippen LogP contribution in [0.1, 0.15) is 22.8 Å². The van der Waals surface area contributed by atoms with Crippen molar-refractivity contribution in [3.05, 3.63) is 41.3 Å². The maximum atomic E-state index is 13.6. The predicted octanol–water partition coefficient (Wildman–Crippen LogP) is 2.10. The van der Waals surface area contributed by atoms with Gasteiger partial charge in [0.25, 0.3) is 0 Å². The topological polar surface area (TPSA) is 60.9 Å². The summed E-state index contributed by atoms with van der Waals surface area (Å²) in [5, 5.41) is 3.94. The van der Waals surface area contributed by atoms with Gasteiger partial charge in [0.1, 0.15) is 17.3 Å². The second-order valence-electron chi connectivity index (χ2n) is 3.87. The lowest BCUT2D eigenvalue weighted by Gasteiger charge is -2.06. The molecule has 2 aromatic rings. The van der Waals surface area contributed by atoms with Crippen LogP contribution in [0.15, 0.2) is 24.4 Å². The van der Waals surface area contributed by atoms with Gasteiger partial charge in [-0.1, -0.05) is 6.07 Å². The van der Waals surface area contributed by atoms with E-state index in [-0.39, 0.29) is 17.3 Å². The maximum Gasteiger partial charge on any atom is 0.165 e. The average molecular weight is 233 g/mol. The second-order valence-corrected chi connectivity index (χ2v) is 3.87. The van der Waals surface area contributed by atoms with Gasteiger partial charge in [-0.2, -0.15) is 5.10 Å². The number of ketones is 1. The van der Waals surface area contributed by atoms with E-state index in [1.54, 1.807) is 12.1 Å². The molecule has 0 saturated heterocycles. The van der Waals surface area contributed by atoms with Gasteiger partial charge in [-0.15, -0.1) is 0 Å². The number of nitrogens with two attached hydrogens (primary N) is 1. The van der Waals surface area contributed by atoms with Crippen molar-refractivity contribution in [1.29, 1.82) is 0 Å². The fourth-order valence-corrected chi connectivity index (χ4v) is 1.61. The van der Waals surface area contributed by atoms with Gasteiger partial charge in [0.05, 0.1) is 11.8 Å². The summed E-state index contributed by atoms with van der Waals surface area (Å²) in [5.74, 6) is -0.468. The second kappa shape index (κ2) is 4.01. The Morgan fingerprint density at radius 3 is 2.76 bits per heavy atom. The van der Waals surface area contributed by atoms with Gasteiger partial charge in [0.15, 0.2) is 5.78 Å². The minimum Gasteiger partial charge on any atom is -0.383 e. The quantitative estimate of drug-likeness (QED) is 0.808. The first-order valence-electron chi connectivity index (χ1n) is 5.11. The lowest BCUT2D eigenvalue weighted by Crippen LogP contribution is -2.06. The van der Waals surface area contributed by atoms with Crippen LogP contribution in [0.3, 0.4) is 0 Å². The molecule has 2 N–H and O–H groups in total. The molecule has 5 heteroatoms. The Morgan fingerprint density at radius 2 is 2.18 bits per heavy atom. The van der Waals surface area contributed by atoms with Crippen molar-refractivity contribution in [3.63, 3.8) is 0 Å². The first kappa shape index (κ1) is 11.3. The molecule has 0 saturated carbocycles. The van der Waals surface area contributed by atoms with Gasteiger partial charge in [-0.05, 0) is 31.5 Å². The molecule has 0 aliphatic heterocycles. The van der Waals surface area contributed by atoms with E-state index in [1.807, 2.05) is 6.92 Å². The molecule has 0 radical (unpaired) electrons. The third-order valence-electron chi connectivity index (χ3n) is 2.52. The maximum absolute atomic E-state index is 13.6. The average Bonchev–Trinajstić information content (AvgIpc) is 2.64. The Labute approximate surface area is 97.9 Å². The summed E-state index contributed by atoms with van der Waals surface area (Å²) in [5.41, 5.74) is 7.20. The summed E-state index contributed by atoms with van der Waals surface area (Å²) >= 11 is 0. The van der Waals surface area contributed by atoms with Crippen LogP contribution in [-0.4, -0.2) is 15.6 Å². The van der Waals surface area contributed by atoms with Crippen LogP contribution in [0.2, 0.25) is 0 Å². The van der Waals surface area contributed by atoms with E-state index in [9.17, 15) is 9.18 Å². The van der Waals surface area contributed by atoms with Crippen LogP contribution in [0.4, 0.5) is 10.2 Å². The molecule has 1 aromatic heterocycles. The number of rotatable bonds is 2. The van der Waals surface area contributed by atoms with Crippen LogP contribution in [0, 0.1) is 12.7 Å². The number of Topliss-reactive ketones (excluding diaryl/α,β-unsaturated/α-hetero) is 1. The van der Waals surface area contributed by atoms with E-state index in [0.29, 0.717) is 5.56 Å². The minimum absolute atomic E-state index is 0.155. The van der Waals surface area contributed by atoms with Crippen molar-refractivity contribution in [2.24, 2.45) is 0 Å². The van der Waals surface area contributed by atoms with Crippen molar-refractivity contribution in [2.75, 3.05) is 5.73 Å². The van der Waals surface area contributed by atoms with Crippen molar-refractivity contribution >= 4 is 11.6 Å². The van der Waals surface area contributed by atoms with Crippen LogP contribution in [-0.2, 0) is 0 Å². The number of nitrogens with zero attached hydrogens (tertiary/aromatic N) is 2. The van der Waals surface area contributed by atoms with Crippen molar-refractivity contribution in [3.8, 4) is 5.69 Å². The minimum atomic E-state index is -0.430. The van der Waals surface area contributed by atoms with E-state index < -0.39 is 5.82 Å². The summed E-state index contributed by atoms with van der Waals surface area (Å²) in [6.45, 7) is 3.23. The fraction of sp³-hybridized carbons (Fsp3) is 0.167. The Bertz CT molecular complexity index is 589. The van der Waals surface area contributed by atoms with Gasteiger partial charge in [-0.3, -0.25) is 4.79 Å². The molecule has 0 aliphatic rings. The first-order valence-corrected chi connectivity index (χ1v) is 5.11. The Morgan fingerprint density at radius 1 is 1.47 bits per heavy atom. The summed E-state index contributed by atoms with van der Waals surface area (Å²) < 4.78 is 14.9. The lowest BCUT2D eigenvalue weighted by molar-refractivity contribution is 0.101. The van der Waals surface area contributed by atoms with Gasteiger partial charge in [0, 0.05) is 0 Å². The zero-order valence-corrected chi connectivity index (χ0v) is 9.57. The number of aromatic nitrogens is 2. The van der Waals surface area contributed by atoms with E-state index in [0.717, 1.165) is 5.56 Å². The standard InChI is InChI=1S/C12H12FN3O/c1-7-3-4-10(13)11(5-7)16-12(14)9(6-15-16)8(2)17/h3-6H,14H2,1-2H3. The lowest BCUT2D eigenvalue weighted by atomic mass is 10.2. The normalized spacial score (nSPS) is 10.5. The number of aryl methyl sites for hydroxylation is 1. The molecule has 0 atom stereocenters. The highest BCUT2D eigenvalue weighted by Crippen LogP contribution is 2.20. The van der Waals surface area contributed by atoms with E-state index in [1.165, 1.54) is 23.9 Å². The summed E-state index contributed by atoms with van der Waals surface area (Å²) in [7, 11) is 0. The Balaban J connectivity index is 2.61. The Kier molecular flexibility index (Phi) is 2.67. The molecule has 0 spiro atoms. The highest BCUT2D eigenvalue weighted by molar-refractivity contribution is 5.98. The molecule has 0 amide bonds. The van der Waals surface area contributed by atoms with Crippen LogP contribution in [0.25, 0.3) is 5.69 Å². The first-order chi connectivity index (χ1) is 8.00. The SMILES string of the molecule is CC(=O)c1cnn(-c2cc(C)ccc2F)c1N. The number of hydrogen-bond acceptors (Lipinski definition) is 3. The van der Waals surface area contributed by atoms with Gasteiger partial charge in [-0.25, -0.2) is 9.07 Å². The summed E-state index contributed by atoms with van der Waals surface area (Å²) in [6.07, 6.45) is 1.35. The molecule has 1 heterocycles. The zero-order valence-electron chi connectivity index (χ0n) is 9.57.